The highest BCUT2D eigenvalue weighted by molar-refractivity contribution is 5.85. The van der Waals surface area contributed by atoms with Crippen LogP contribution in [0.4, 0.5) is 0 Å². The fourth-order valence-corrected chi connectivity index (χ4v) is 2.79. The van der Waals surface area contributed by atoms with E-state index in [0.29, 0.717) is 0 Å². The van der Waals surface area contributed by atoms with E-state index in [1.807, 2.05) is 11.8 Å². The van der Waals surface area contributed by atoms with E-state index in [-0.39, 0.29) is 5.91 Å². The number of carbonyl (C=O) groups excluding carboxylic acids is 1. The summed E-state index contributed by atoms with van der Waals surface area (Å²) in [5, 5.41) is 0. The van der Waals surface area contributed by atoms with Gasteiger partial charge in [-0.1, -0.05) is 13.3 Å². The zero-order valence-corrected chi connectivity index (χ0v) is 11.8. The predicted octanol–water partition coefficient (Wildman–Crippen LogP) is 1.06. The Morgan fingerprint density at radius 1 is 1.28 bits per heavy atom. The molecule has 2 fully saturated rings. The van der Waals surface area contributed by atoms with Crippen LogP contribution in [0.15, 0.2) is 0 Å². The number of rotatable bonds is 5. The Morgan fingerprint density at radius 3 is 2.39 bits per heavy atom. The number of piperazine rings is 1. The first-order valence-corrected chi connectivity index (χ1v) is 7.33. The molecule has 1 saturated heterocycles. The highest BCUT2D eigenvalue weighted by atomic mass is 16.2. The van der Waals surface area contributed by atoms with Gasteiger partial charge in [0.1, 0.15) is 0 Å². The average molecular weight is 253 g/mol. The number of amides is 1. The second-order valence-electron chi connectivity index (χ2n) is 6.20. The highest BCUT2D eigenvalue weighted by Gasteiger charge is 2.34. The molecule has 0 bridgehead atoms. The van der Waals surface area contributed by atoms with Crippen LogP contribution in [-0.4, -0.2) is 54.0 Å². The van der Waals surface area contributed by atoms with Gasteiger partial charge in [0, 0.05) is 32.7 Å². The Bertz CT molecular complexity index is 291. The van der Waals surface area contributed by atoms with E-state index in [4.69, 9.17) is 5.73 Å². The standard InChI is InChI=1S/C14H27N3O/c1-3-6-14(2,15)13(18)17-9-7-16(8-10-17)11-12-4-5-12/h12H,3-11,15H2,1-2H3. The van der Waals surface area contributed by atoms with Crippen molar-refractivity contribution in [3.63, 3.8) is 0 Å². The third-order valence-electron chi connectivity index (χ3n) is 4.13. The molecule has 2 rings (SSSR count). The number of hydrogen-bond acceptors (Lipinski definition) is 3. The second-order valence-corrected chi connectivity index (χ2v) is 6.20. The van der Waals surface area contributed by atoms with Crippen molar-refractivity contribution in [2.24, 2.45) is 11.7 Å². The van der Waals surface area contributed by atoms with Crippen molar-refractivity contribution < 1.29 is 4.79 Å². The maximum absolute atomic E-state index is 12.3. The summed E-state index contributed by atoms with van der Waals surface area (Å²) in [6, 6.07) is 0. The maximum Gasteiger partial charge on any atom is 0.242 e. The molecule has 1 atom stereocenters. The van der Waals surface area contributed by atoms with Gasteiger partial charge in [-0.3, -0.25) is 9.69 Å². The number of nitrogens with two attached hydrogens (primary N) is 1. The predicted molar refractivity (Wildman–Crippen MR) is 73.2 cm³/mol. The minimum atomic E-state index is -0.673. The first kappa shape index (κ1) is 13.8. The lowest BCUT2D eigenvalue weighted by atomic mass is 9.95. The van der Waals surface area contributed by atoms with Gasteiger partial charge in [0.2, 0.25) is 5.91 Å². The van der Waals surface area contributed by atoms with E-state index in [0.717, 1.165) is 44.9 Å². The van der Waals surface area contributed by atoms with Gasteiger partial charge in [0.25, 0.3) is 0 Å². The van der Waals surface area contributed by atoms with Crippen LogP contribution in [0.3, 0.4) is 0 Å². The molecule has 104 valence electrons. The van der Waals surface area contributed by atoms with Gasteiger partial charge in [-0.15, -0.1) is 0 Å². The van der Waals surface area contributed by atoms with Gasteiger partial charge in [0.15, 0.2) is 0 Å². The van der Waals surface area contributed by atoms with Gasteiger partial charge in [-0.05, 0) is 32.1 Å². The van der Waals surface area contributed by atoms with E-state index in [1.165, 1.54) is 19.4 Å². The summed E-state index contributed by atoms with van der Waals surface area (Å²) in [4.78, 5) is 16.8. The zero-order chi connectivity index (χ0) is 13.2. The Labute approximate surface area is 110 Å². The Hall–Kier alpha value is -0.610. The van der Waals surface area contributed by atoms with Gasteiger partial charge >= 0.3 is 0 Å². The van der Waals surface area contributed by atoms with E-state index in [1.54, 1.807) is 0 Å². The average Bonchev–Trinajstić information content (AvgIpc) is 3.13. The topological polar surface area (TPSA) is 49.6 Å². The molecule has 0 aromatic rings. The molecular weight excluding hydrogens is 226 g/mol. The fourth-order valence-electron chi connectivity index (χ4n) is 2.79. The minimum absolute atomic E-state index is 0.135. The van der Waals surface area contributed by atoms with E-state index in [9.17, 15) is 4.79 Å². The SMILES string of the molecule is CCCC(C)(N)C(=O)N1CCN(CC2CC2)CC1. The molecule has 0 aromatic carbocycles. The van der Waals surface area contributed by atoms with Crippen molar-refractivity contribution in [3.8, 4) is 0 Å². The van der Waals surface area contributed by atoms with Crippen LogP contribution in [0.1, 0.15) is 39.5 Å². The summed E-state index contributed by atoms with van der Waals surface area (Å²) >= 11 is 0. The molecule has 18 heavy (non-hydrogen) atoms. The Kier molecular flexibility index (Phi) is 4.28. The molecule has 1 aliphatic carbocycles. The fraction of sp³-hybridized carbons (Fsp3) is 0.929. The Morgan fingerprint density at radius 2 is 1.89 bits per heavy atom. The van der Waals surface area contributed by atoms with Crippen LogP contribution in [0, 0.1) is 5.92 Å². The highest BCUT2D eigenvalue weighted by Crippen LogP contribution is 2.30. The van der Waals surface area contributed by atoms with Gasteiger partial charge in [-0.2, -0.15) is 0 Å². The lowest BCUT2D eigenvalue weighted by molar-refractivity contribution is -0.138. The molecule has 2 aliphatic rings. The largest absolute Gasteiger partial charge is 0.339 e. The molecule has 0 spiro atoms. The summed E-state index contributed by atoms with van der Waals surface area (Å²) in [7, 11) is 0. The second kappa shape index (κ2) is 5.57. The van der Waals surface area contributed by atoms with Crippen LogP contribution < -0.4 is 5.73 Å². The van der Waals surface area contributed by atoms with Crippen molar-refractivity contribution in [2.75, 3.05) is 32.7 Å². The normalized spacial score (nSPS) is 24.9. The first-order valence-electron chi connectivity index (χ1n) is 7.33. The molecule has 1 unspecified atom stereocenters. The van der Waals surface area contributed by atoms with Crippen LogP contribution in [0.5, 0.6) is 0 Å². The molecule has 1 heterocycles. The molecule has 4 heteroatoms. The first-order chi connectivity index (χ1) is 8.53. The van der Waals surface area contributed by atoms with Crippen molar-refractivity contribution in [1.82, 2.24) is 9.80 Å². The van der Waals surface area contributed by atoms with E-state index >= 15 is 0 Å². The molecule has 0 aromatic heterocycles. The van der Waals surface area contributed by atoms with Crippen LogP contribution >= 0.6 is 0 Å². The number of carbonyl (C=O) groups is 1. The van der Waals surface area contributed by atoms with Crippen LogP contribution in [-0.2, 0) is 4.79 Å². The summed E-state index contributed by atoms with van der Waals surface area (Å²) < 4.78 is 0. The molecule has 2 N–H and O–H groups in total. The quantitative estimate of drug-likeness (QED) is 0.797. The molecule has 4 nitrogen and oxygen atoms in total. The third kappa shape index (κ3) is 3.45. The van der Waals surface area contributed by atoms with E-state index in [2.05, 4.69) is 11.8 Å². The molecule has 0 radical (unpaired) electrons. The van der Waals surface area contributed by atoms with Gasteiger partial charge in [-0.25, -0.2) is 0 Å². The molecule has 1 saturated carbocycles. The van der Waals surface area contributed by atoms with Gasteiger partial charge in [0.05, 0.1) is 5.54 Å². The number of nitrogens with zero attached hydrogens (tertiary/aromatic N) is 2. The number of hydrogen-bond donors (Lipinski definition) is 1. The summed E-state index contributed by atoms with van der Waals surface area (Å²) in [5.74, 6) is 1.07. The van der Waals surface area contributed by atoms with Crippen molar-refractivity contribution in [1.29, 1.82) is 0 Å². The summed E-state index contributed by atoms with van der Waals surface area (Å²) in [6.07, 6.45) is 4.53. The molecular formula is C14H27N3O. The van der Waals surface area contributed by atoms with Crippen molar-refractivity contribution in [3.05, 3.63) is 0 Å². The Balaban J connectivity index is 1.79. The maximum atomic E-state index is 12.3. The summed E-state index contributed by atoms with van der Waals surface area (Å²) in [6.45, 7) is 8.91. The lowest BCUT2D eigenvalue weighted by Gasteiger charge is -2.38. The van der Waals surface area contributed by atoms with Crippen molar-refractivity contribution >= 4 is 5.91 Å². The van der Waals surface area contributed by atoms with Crippen molar-refractivity contribution in [2.45, 2.75) is 45.1 Å². The third-order valence-corrected chi connectivity index (χ3v) is 4.13. The lowest BCUT2D eigenvalue weighted by Crippen LogP contribution is -2.58. The monoisotopic (exact) mass is 253 g/mol. The molecule has 1 amide bonds. The molecule has 1 aliphatic heterocycles. The van der Waals surface area contributed by atoms with Crippen LogP contribution in [0.2, 0.25) is 0 Å². The van der Waals surface area contributed by atoms with Crippen LogP contribution in [0.25, 0.3) is 0 Å². The minimum Gasteiger partial charge on any atom is -0.339 e. The van der Waals surface area contributed by atoms with E-state index < -0.39 is 5.54 Å². The smallest absolute Gasteiger partial charge is 0.242 e. The summed E-state index contributed by atoms with van der Waals surface area (Å²) in [5.41, 5.74) is 5.45. The zero-order valence-electron chi connectivity index (χ0n) is 11.8. The van der Waals surface area contributed by atoms with Gasteiger partial charge < -0.3 is 10.6 Å².